The van der Waals surface area contributed by atoms with Crippen LogP contribution in [-0.4, -0.2) is 88.1 Å². The molecule has 0 aromatic heterocycles. The standard InChI is InChI=1S/C58H96NO10P/c1-6-8-10-12-14-16-18-20-22-24-26-28-30-32-47-64-54-40-34-52(35-41-54)38-44-57(60)66-50-56(69-70(62,63)68-49-46-59(3,4)5)51-67-58(61)45-39-53-36-42-55(43-37-53)65-48-33-31-29-27-25-23-21-19-17-15-13-11-9-7-2/h34-45,56H,6-33,46-51H2,1-5H3/p+1/b44-38+,45-39+. The summed E-state index contributed by atoms with van der Waals surface area (Å²) in [5, 5.41) is 0. The summed E-state index contributed by atoms with van der Waals surface area (Å²) in [4.78, 5) is 35.9. The summed E-state index contributed by atoms with van der Waals surface area (Å²) in [5.41, 5.74) is 1.53. The Balaban J connectivity index is 1.71. The molecule has 0 saturated carbocycles. The van der Waals surface area contributed by atoms with Crippen LogP contribution < -0.4 is 9.47 Å². The second-order valence-corrected chi connectivity index (χ2v) is 21.4. The summed E-state index contributed by atoms with van der Waals surface area (Å²) in [6.07, 6.45) is 41.3. The highest BCUT2D eigenvalue weighted by Crippen LogP contribution is 2.44. The monoisotopic (exact) mass is 999 g/mol. The molecular formula is C58H97NO10P+. The highest BCUT2D eigenvalue weighted by atomic mass is 31.2. The minimum Gasteiger partial charge on any atom is -0.494 e. The van der Waals surface area contributed by atoms with Gasteiger partial charge < -0.3 is 28.3 Å². The summed E-state index contributed by atoms with van der Waals surface area (Å²) in [6, 6.07) is 14.9. The number of phosphoric ester groups is 1. The van der Waals surface area contributed by atoms with Crippen LogP contribution in [0.15, 0.2) is 60.7 Å². The minimum atomic E-state index is -4.59. The number of likely N-dealkylation sites (N-methyl/N-ethyl adjacent to an activating group) is 1. The van der Waals surface area contributed by atoms with Crippen LogP contribution in [0.2, 0.25) is 0 Å². The molecule has 11 nitrogen and oxygen atoms in total. The summed E-state index contributed by atoms with van der Waals surface area (Å²) >= 11 is 0. The maximum Gasteiger partial charge on any atom is 0.472 e. The molecule has 0 bridgehead atoms. The van der Waals surface area contributed by atoms with Gasteiger partial charge in [-0.1, -0.05) is 205 Å². The number of nitrogens with zero attached hydrogens (tertiary/aromatic N) is 1. The van der Waals surface area contributed by atoms with Crippen LogP contribution >= 0.6 is 7.82 Å². The Bertz CT molecular complexity index is 1590. The Hall–Kier alpha value is -3.47. The summed E-state index contributed by atoms with van der Waals surface area (Å²) in [5.74, 6) is 0.126. The van der Waals surface area contributed by atoms with Gasteiger partial charge in [0.15, 0.2) is 0 Å². The second-order valence-electron chi connectivity index (χ2n) is 20.0. The third kappa shape index (κ3) is 37.3. The van der Waals surface area contributed by atoms with Crippen LogP contribution in [0.4, 0.5) is 0 Å². The number of carbonyl (C=O) groups is 2. The highest BCUT2D eigenvalue weighted by Gasteiger charge is 2.29. The zero-order valence-electron chi connectivity index (χ0n) is 44.6. The van der Waals surface area contributed by atoms with E-state index < -0.39 is 39.1 Å². The molecule has 1 N–H and O–H groups in total. The molecule has 2 aromatic rings. The lowest BCUT2D eigenvalue weighted by molar-refractivity contribution is -0.870. The molecular weight excluding hydrogens is 902 g/mol. The van der Waals surface area contributed by atoms with Crippen molar-refractivity contribution in [3.63, 3.8) is 0 Å². The maximum atomic E-state index is 12.9. The Labute approximate surface area is 425 Å². The Kier molecular flexibility index (Phi) is 36.7. The molecule has 0 fully saturated rings. The Morgan fingerprint density at radius 1 is 0.500 bits per heavy atom. The van der Waals surface area contributed by atoms with E-state index in [1.54, 1.807) is 12.2 Å². The Morgan fingerprint density at radius 3 is 1.13 bits per heavy atom. The van der Waals surface area contributed by atoms with Crippen molar-refractivity contribution >= 4 is 31.9 Å². The molecule has 2 rings (SSSR count). The number of ether oxygens (including phenoxy) is 4. The van der Waals surface area contributed by atoms with Gasteiger partial charge in [0.2, 0.25) is 0 Å². The van der Waals surface area contributed by atoms with Crippen LogP contribution in [0.3, 0.4) is 0 Å². The zero-order chi connectivity index (χ0) is 50.8. The van der Waals surface area contributed by atoms with Crippen LogP contribution in [-0.2, 0) is 32.7 Å². The van der Waals surface area contributed by atoms with Gasteiger partial charge >= 0.3 is 19.8 Å². The van der Waals surface area contributed by atoms with Crippen molar-refractivity contribution < 1.29 is 51.5 Å². The lowest BCUT2D eigenvalue weighted by Crippen LogP contribution is -2.37. The largest absolute Gasteiger partial charge is 0.494 e. The van der Waals surface area contributed by atoms with Crippen molar-refractivity contribution in [2.24, 2.45) is 0 Å². The van der Waals surface area contributed by atoms with Gasteiger partial charge in [0.05, 0.1) is 34.4 Å². The smallest absolute Gasteiger partial charge is 0.472 e. The fraction of sp³-hybridized carbons (Fsp3) is 0.690. The van der Waals surface area contributed by atoms with Gasteiger partial charge in [-0.25, -0.2) is 14.2 Å². The molecule has 0 saturated heterocycles. The lowest BCUT2D eigenvalue weighted by atomic mass is 10.0. The van der Waals surface area contributed by atoms with Crippen molar-refractivity contribution in [2.75, 3.05) is 60.7 Å². The first-order valence-electron chi connectivity index (χ1n) is 27.5. The summed E-state index contributed by atoms with van der Waals surface area (Å²) in [6.45, 7) is 5.33. The molecule has 2 aromatic carbocycles. The molecule has 0 radical (unpaired) electrons. The molecule has 1 atom stereocenters. The number of unbranched alkanes of at least 4 members (excludes halogenated alkanes) is 26. The van der Waals surface area contributed by atoms with Crippen molar-refractivity contribution in [3.05, 3.63) is 71.8 Å². The normalized spacial score (nSPS) is 12.8. The fourth-order valence-electron chi connectivity index (χ4n) is 7.86. The summed E-state index contributed by atoms with van der Waals surface area (Å²) in [7, 11) is 1.17. The average molecular weight is 999 g/mol. The van der Waals surface area contributed by atoms with Gasteiger partial charge in [0.25, 0.3) is 0 Å². The quantitative estimate of drug-likeness (QED) is 0.0225. The summed E-state index contributed by atoms with van der Waals surface area (Å²) < 4.78 is 46.5. The lowest BCUT2D eigenvalue weighted by Gasteiger charge is -2.25. The third-order valence-electron chi connectivity index (χ3n) is 12.2. The number of quaternary nitrogens is 1. The van der Waals surface area contributed by atoms with E-state index in [0.29, 0.717) is 24.2 Å². The number of hydrogen-bond donors (Lipinski definition) is 1. The molecule has 0 heterocycles. The molecule has 1 unspecified atom stereocenters. The second kappa shape index (κ2) is 41.1. The van der Waals surface area contributed by atoms with Crippen molar-refractivity contribution in [3.8, 4) is 11.5 Å². The fourth-order valence-corrected chi connectivity index (χ4v) is 8.73. The van der Waals surface area contributed by atoms with Crippen LogP contribution in [0, 0.1) is 0 Å². The van der Waals surface area contributed by atoms with Gasteiger partial charge in [0.1, 0.15) is 44.0 Å². The van der Waals surface area contributed by atoms with Gasteiger partial charge in [-0.05, 0) is 60.4 Å². The van der Waals surface area contributed by atoms with E-state index in [9.17, 15) is 19.0 Å². The first kappa shape index (κ1) is 62.6. The van der Waals surface area contributed by atoms with Crippen LogP contribution in [0.5, 0.6) is 11.5 Å². The van der Waals surface area contributed by atoms with Gasteiger partial charge in [-0.2, -0.15) is 0 Å². The number of phosphoric acid groups is 1. The number of carbonyl (C=O) groups excluding carboxylic acids is 2. The van der Waals surface area contributed by atoms with Gasteiger partial charge in [-0.3, -0.25) is 9.05 Å². The maximum absolute atomic E-state index is 12.9. The van der Waals surface area contributed by atoms with Crippen molar-refractivity contribution in [1.29, 1.82) is 0 Å². The SMILES string of the molecule is CCCCCCCCCCCCCCCCOc1ccc(/C=C/C(=O)OCC(COC(=O)/C=C/c2ccc(OCCCCCCCCCCCCCCCC)cc2)OP(=O)(O)OCC[N+](C)(C)C)cc1. The highest BCUT2D eigenvalue weighted by molar-refractivity contribution is 7.47. The number of rotatable bonds is 46. The molecule has 0 aliphatic heterocycles. The molecule has 0 spiro atoms. The molecule has 0 amide bonds. The van der Waals surface area contributed by atoms with E-state index in [2.05, 4.69) is 13.8 Å². The first-order valence-corrected chi connectivity index (χ1v) is 29.0. The molecule has 398 valence electrons. The number of esters is 2. The predicted molar refractivity (Wildman–Crippen MR) is 288 cm³/mol. The number of benzene rings is 2. The molecule has 0 aliphatic rings. The van der Waals surface area contributed by atoms with Crippen LogP contribution in [0.25, 0.3) is 12.2 Å². The van der Waals surface area contributed by atoms with Crippen molar-refractivity contribution in [2.45, 2.75) is 200 Å². The van der Waals surface area contributed by atoms with E-state index in [0.717, 1.165) is 48.3 Å². The van der Waals surface area contributed by atoms with E-state index in [4.69, 9.17) is 28.0 Å². The molecule has 70 heavy (non-hydrogen) atoms. The Morgan fingerprint density at radius 2 is 0.814 bits per heavy atom. The zero-order valence-corrected chi connectivity index (χ0v) is 45.5. The predicted octanol–water partition coefficient (Wildman–Crippen LogP) is 15.4. The van der Waals surface area contributed by atoms with E-state index in [-0.39, 0.29) is 6.61 Å². The average Bonchev–Trinajstić information content (AvgIpc) is 3.33. The van der Waals surface area contributed by atoms with Gasteiger partial charge in [-0.15, -0.1) is 0 Å². The minimum absolute atomic E-state index is 0.0539. The van der Waals surface area contributed by atoms with E-state index in [1.165, 1.54) is 166 Å². The molecule has 12 heteroatoms. The van der Waals surface area contributed by atoms with E-state index >= 15 is 0 Å². The number of hydrogen-bond acceptors (Lipinski definition) is 9. The third-order valence-corrected chi connectivity index (χ3v) is 13.3. The van der Waals surface area contributed by atoms with Crippen molar-refractivity contribution in [1.82, 2.24) is 0 Å². The molecule has 0 aliphatic carbocycles. The van der Waals surface area contributed by atoms with Gasteiger partial charge in [0, 0.05) is 12.2 Å². The van der Waals surface area contributed by atoms with Crippen LogP contribution in [0.1, 0.15) is 205 Å². The first-order chi connectivity index (χ1) is 33.9. The van der Waals surface area contributed by atoms with E-state index in [1.807, 2.05) is 69.7 Å². The topological polar surface area (TPSA) is 127 Å².